The summed E-state index contributed by atoms with van der Waals surface area (Å²) < 4.78 is 40.8. The number of nitrogens with zero attached hydrogens (tertiary/aromatic N) is 2. The van der Waals surface area contributed by atoms with Gasteiger partial charge in [-0.2, -0.15) is 0 Å². The van der Waals surface area contributed by atoms with Crippen molar-refractivity contribution in [3.63, 3.8) is 0 Å². The number of sulfonamides is 1. The van der Waals surface area contributed by atoms with E-state index in [0.29, 0.717) is 22.0 Å². The third kappa shape index (κ3) is 9.08. The predicted molar refractivity (Wildman–Crippen MR) is 189 cm³/mol. The molecule has 1 N–H and O–H groups in total. The Morgan fingerprint density at radius 3 is 2.06 bits per heavy atom. The number of hydrogen-bond donors (Lipinski definition) is 1. The Balaban J connectivity index is 1.86. The van der Waals surface area contributed by atoms with Crippen molar-refractivity contribution in [3.8, 4) is 11.5 Å². The van der Waals surface area contributed by atoms with Gasteiger partial charge in [0.15, 0.2) is 11.5 Å². The van der Waals surface area contributed by atoms with Crippen LogP contribution >= 0.6 is 11.6 Å². The number of methoxy groups -OCH3 is 2. The third-order valence-corrected chi connectivity index (χ3v) is 9.67. The predicted octanol–water partition coefficient (Wildman–Crippen LogP) is 6.33. The Bertz CT molecular complexity index is 1830. The summed E-state index contributed by atoms with van der Waals surface area (Å²) in [6.45, 7) is 6.84. The molecular formula is C37H42ClN3O6S. The van der Waals surface area contributed by atoms with Crippen LogP contribution in [-0.2, 0) is 32.6 Å². The zero-order valence-electron chi connectivity index (χ0n) is 28.1. The number of ether oxygens (including phenoxy) is 2. The van der Waals surface area contributed by atoms with E-state index in [1.807, 2.05) is 70.2 Å². The van der Waals surface area contributed by atoms with Crippen molar-refractivity contribution in [1.82, 2.24) is 10.2 Å². The average Bonchev–Trinajstić information content (AvgIpc) is 3.04. The highest BCUT2D eigenvalue weighted by Gasteiger charge is 2.35. The van der Waals surface area contributed by atoms with Crippen LogP contribution in [0.4, 0.5) is 5.69 Å². The summed E-state index contributed by atoms with van der Waals surface area (Å²) in [5.41, 5.74) is 3.48. The highest BCUT2D eigenvalue weighted by atomic mass is 35.5. The number of hydrogen-bond acceptors (Lipinski definition) is 6. The lowest BCUT2D eigenvalue weighted by Crippen LogP contribution is -2.54. The number of carbonyl (C=O) groups excluding carboxylic acids is 2. The van der Waals surface area contributed by atoms with Gasteiger partial charge in [0.05, 0.1) is 24.8 Å². The zero-order valence-corrected chi connectivity index (χ0v) is 29.6. The van der Waals surface area contributed by atoms with Gasteiger partial charge in [-0.3, -0.25) is 13.9 Å². The van der Waals surface area contributed by atoms with Gasteiger partial charge in [0.25, 0.3) is 10.0 Å². The molecule has 0 bridgehead atoms. The number of amides is 2. The number of anilines is 1. The van der Waals surface area contributed by atoms with Gasteiger partial charge < -0.3 is 19.7 Å². The number of halogens is 1. The van der Waals surface area contributed by atoms with Crippen molar-refractivity contribution in [3.05, 3.63) is 118 Å². The number of rotatable bonds is 14. The van der Waals surface area contributed by atoms with Gasteiger partial charge in [0.2, 0.25) is 11.8 Å². The average molecular weight is 692 g/mol. The Morgan fingerprint density at radius 1 is 0.812 bits per heavy atom. The Labute approximate surface area is 288 Å². The van der Waals surface area contributed by atoms with Crippen LogP contribution in [-0.4, -0.2) is 58.0 Å². The molecule has 0 aliphatic heterocycles. The maximum atomic E-state index is 14.7. The lowest BCUT2D eigenvalue weighted by atomic mass is 10.0. The smallest absolute Gasteiger partial charge is 0.264 e. The number of benzene rings is 4. The van der Waals surface area contributed by atoms with Gasteiger partial charge in [-0.05, 0) is 86.3 Å². The quantitative estimate of drug-likeness (QED) is 0.166. The van der Waals surface area contributed by atoms with E-state index in [9.17, 15) is 18.0 Å². The van der Waals surface area contributed by atoms with E-state index in [1.165, 1.54) is 37.3 Å². The van der Waals surface area contributed by atoms with Crippen LogP contribution in [0.3, 0.4) is 0 Å². The molecule has 11 heteroatoms. The SMILES string of the molecule is COc1ccc(S(=O)(=O)N(CC(=O)N(Cc2cccc(Cl)c2)[C@H](Cc2ccccc2)C(=O)NC(C)C)c2cc(C)cc(C)c2)cc1OC. The fourth-order valence-electron chi connectivity index (χ4n) is 5.49. The molecule has 0 fully saturated rings. The first kappa shape index (κ1) is 36.3. The molecule has 4 aromatic carbocycles. The fraction of sp³-hybridized carbons (Fsp3) is 0.297. The molecule has 0 radical (unpaired) electrons. The van der Waals surface area contributed by atoms with Crippen molar-refractivity contribution in [2.24, 2.45) is 0 Å². The van der Waals surface area contributed by atoms with E-state index in [2.05, 4.69) is 5.32 Å². The Morgan fingerprint density at radius 2 is 1.46 bits per heavy atom. The summed E-state index contributed by atoms with van der Waals surface area (Å²) in [4.78, 5) is 29.9. The van der Waals surface area contributed by atoms with Crippen LogP contribution in [0.15, 0.2) is 95.9 Å². The summed E-state index contributed by atoms with van der Waals surface area (Å²) in [6.07, 6.45) is 0.206. The van der Waals surface area contributed by atoms with Crippen molar-refractivity contribution in [1.29, 1.82) is 0 Å². The zero-order chi connectivity index (χ0) is 35.0. The molecule has 0 spiro atoms. The molecule has 1 atom stereocenters. The van der Waals surface area contributed by atoms with Gasteiger partial charge in [-0.15, -0.1) is 0 Å². The number of aryl methyl sites for hydroxylation is 2. The molecular weight excluding hydrogens is 650 g/mol. The Hall–Kier alpha value is -4.54. The summed E-state index contributed by atoms with van der Waals surface area (Å²) >= 11 is 6.33. The maximum absolute atomic E-state index is 14.7. The molecule has 0 unspecified atom stereocenters. The summed E-state index contributed by atoms with van der Waals surface area (Å²) in [7, 11) is -1.47. The molecule has 0 aliphatic carbocycles. The first-order valence-electron chi connectivity index (χ1n) is 15.5. The van der Waals surface area contributed by atoms with Gasteiger partial charge in [-0.1, -0.05) is 60.1 Å². The molecule has 254 valence electrons. The van der Waals surface area contributed by atoms with Gasteiger partial charge in [-0.25, -0.2) is 8.42 Å². The van der Waals surface area contributed by atoms with Crippen molar-refractivity contribution in [2.45, 2.75) is 57.6 Å². The molecule has 0 saturated carbocycles. The highest BCUT2D eigenvalue weighted by Crippen LogP contribution is 2.33. The summed E-state index contributed by atoms with van der Waals surface area (Å²) in [5.74, 6) is -0.345. The summed E-state index contributed by atoms with van der Waals surface area (Å²) in [5, 5.41) is 3.43. The molecule has 0 heterocycles. The molecule has 48 heavy (non-hydrogen) atoms. The van der Waals surface area contributed by atoms with Crippen LogP contribution in [0.5, 0.6) is 11.5 Å². The highest BCUT2D eigenvalue weighted by molar-refractivity contribution is 7.92. The van der Waals surface area contributed by atoms with E-state index >= 15 is 0 Å². The second-order valence-corrected chi connectivity index (χ2v) is 14.2. The van der Waals surface area contributed by atoms with Crippen molar-refractivity contribution < 1.29 is 27.5 Å². The lowest BCUT2D eigenvalue weighted by molar-refractivity contribution is -0.140. The molecule has 4 aromatic rings. The van der Waals surface area contributed by atoms with Gasteiger partial charge >= 0.3 is 0 Å². The minimum atomic E-state index is -4.35. The monoisotopic (exact) mass is 691 g/mol. The number of nitrogens with one attached hydrogen (secondary N) is 1. The second-order valence-electron chi connectivity index (χ2n) is 11.9. The molecule has 0 aliphatic rings. The van der Waals surface area contributed by atoms with E-state index in [0.717, 1.165) is 21.0 Å². The van der Waals surface area contributed by atoms with Crippen molar-refractivity contribution in [2.75, 3.05) is 25.1 Å². The maximum Gasteiger partial charge on any atom is 0.264 e. The van der Waals surface area contributed by atoms with Crippen molar-refractivity contribution >= 4 is 39.1 Å². The largest absolute Gasteiger partial charge is 0.493 e. The normalized spacial score (nSPS) is 11.9. The molecule has 2 amide bonds. The second kappa shape index (κ2) is 16.0. The van der Waals surface area contributed by atoms with E-state index in [4.69, 9.17) is 21.1 Å². The standard InChI is InChI=1S/C37H42ClN3O6S/c1-25(2)39-37(43)33(21-28-11-8-7-9-12-28)40(23-29-13-10-14-30(38)20-29)36(42)24-41(31-18-26(3)17-27(4)19-31)48(44,45)32-15-16-34(46-5)35(22-32)47-6/h7-20,22,25,33H,21,23-24H2,1-6H3,(H,39,43)/t33-/m1/s1. The van der Waals surface area contributed by atoms with E-state index in [1.54, 1.807) is 30.3 Å². The Kier molecular flexibility index (Phi) is 12.1. The van der Waals surface area contributed by atoms with Gasteiger partial charge in [0.1, 0.15) is 12.6 Å². The molecule has 0 aromatic heterocycles. The van der Waals surface area contributed by atoms with Crippen LogP contribution in [0.2, 0.25) is 5.02 Å². The molecule has 9 nitrogen and oxygen atoms in total. The minimum absolute atomic E-state index is 0.0134. The van der Waals surface area contributed by atoms with E-state index in [-0.39, 0.29) is 35.6 Å². The lowest BCUT2D eigenvalue weighted by Gasteiger charge is -2.34. The minimum Gasteiger partial charge on any atom is -0.493 e. The summed E-state index contributed by atoms with van der Waals surface area (Å²) in [6, 6.07) is 24.9. The fourth-order valence-corrected chi connectivity index (χ4v) is 7.12. The third-order valence-electron chi connectivity index (χ3n) is 7.66. The van der Waals surface area contributed by atoms with Crippen LogP contribution < -0.4 is 19.1 Å². The van der Waals surface area contributed by atoms with Gasteiger partial charge in [0, 0.05) is 30.1 Å². The van der Waals surface area contributed by atoms with E-state index < -0.39 is 28.5 Å². The first-order valence-corrected chi connectivity index (χ1v) is 17.4. The van der Waals surface area contributed by atoms with Crippen LogP contribution in [0.1, 0.15) is 36.1 Å². The molecule has 0 saturated heterocycles. The van der Waals surface area contributed by atoms with Crippen LogP contribution in [0.25, 0.3) is 0 Å². The molecule has 4 rings (SSSR count). The van der Waals surface area contributed by atoms with Crippen LogP contribution in [0, 0.1) is 13.8 Å². The number of carbonyl (C=O) groups is 2. The first-order chi connectivity index (χ1) is 22.8. The topological polar surface area (TPSA) is 105 Å².